The second-order valence-electron chi connectivity index (χ2n) is 1.67. The molecule has 1 unspecified atom stereocenters. The van der Waals surface area contributed by atoms with E-state index in [2.05, 4.69) is 0 Å². The Hall–Kier alpha value is -1.18. The minimum absolute atomic E-state index is 0. The van der Waals surface area contributed by atoms with Crippen LogP contribution in [-0.2, 0) is 0 Å². The van der Waals surface area contributed by atoms with Crippen molar-refractivity contribution in [2.24, 2.45) is 5.92 Å². The van der Waals surface area contributed by atoms with Crippen molar-refractivity contribution >= 4 is 0 Å². The average molecular weight is 393 g/mol. The molecule has 0 bridgehead atoms. The second kappa shape index (κ2) is 15.8. The van der Waals surface area contributed by atoms with Gasteiger partial charge in [-0.2, -0.15) is 0 Å². The molecule has 0 aliphatic carbocycles. The van der Waals surface area contributed by atoms with E-state index in [1.54, 1.807) is 0 Å². The molecule has 0 aliphatic rings. The predicted octanol–water partition coefficient (Wildman–Crippen LogP) is 1.87. The van der Waals surface area contributed by atoms with Crippen LogP contribution in [0.4, 0.5) is 8.92 Å². The van der Waals surface area contributed by atoms with Gasteiger partial charge in [0.15, 0.2) is 0 Å². The Balaban J connectivity index is -0.000000109. The van der Waals surface area contributed by atoms with E-state index in [1.165, 1.54) is 0 Å². The van der Waals surface area contributed by atoms with Crippen LogP contribution in [0.15, 0.2) is 0 Å². The van der Waals surface area contributed by atoms with Gasteiger partial charge in [0.05, 0.1) is 6.67 Å². The van der Waals surface area contributed by atoms with Crippen molar-refractivity contribution in [2.75, 3.05) is 6.67 Å². The minimum Gasteiger partial charge on any atom is -0.251 e. The third-order valence-electron chi connectivity index (χ3n) is 0.960. The van der Waals surface area contributed by atoms with E-state index in [4.69, 9.17) is 9.84 Å². The van der Waals surface area contributed by atoms with Crippen molar-refractivity contribution in [3.05, 3.63) is 0 Å². The molecule has 0 spiro atoms. The van der Waals surface area contributed by atoms with Gasteiger partial charge >= 0.3 is 0 Å². The summed E-state index contributed by atoms with van der Waals surface area (Å²) in [6, 6.07) is 0. The van der Waals surface area contributed by atoms with Gasteiger partial charge in [0.2, 0.25) is 0 Å². The van der Waals surface area contributed by atoms with E-state index in [9.17, 15) is 4.39 Å². The van der Waals surface area contributed by atoms with Crippen LogP contribution in [0.5, 0.6) is 0 Å². The smallest absolute Gasteiger partial charge is 0.0919 e. The van der Waals surface area contributed by atoms with Crippen molar-refractivity contribution in [1.82, 2.24) is 0 Å². The second-order valence-corrected chi connectivity index (χ2v) is 1.67. The molecule has 0 heterocycles. The average Bonchev–Trinajstić information content (AvgIpc) is 1.91. The van der Waals surface area contributed by atoms with Crippen LogP contribution in [0.2, 0.25) is 0 Å². The van der Waals surface area contributed by atoms with Gasteiger partial charge in [-0.15, -0.1) is 0 Å². The van der Waals surface area contributed by atoms with Crippen LogP contribution in [-0.4, -0.2) is 12.0 Å². The van der Waals surface area contributed by atoms with Crippen LogP contribution < -0.4 is 0 Å². The fourth-order valence-corrected chi connectivity index (χ4v) is 0.109. The summed E-state index contributed by atoms with van der Waals surface area (Å²) in [5, 5.41) is 5.50. The Labute approximate surface area is 48.2 Å². The normalized spacial score (nSPS) is 10.3. The van der Waals surface area contributed by atoms with E-state index in [0.29, 0.717) is 0 Å². The molecule has 0 aromatic rings. The minimum atomic E-state index is -0.170. The summed E-state index contributed by atoms with van der Waals surface area (Å²) in [6.07, 6.45) is 0.955. The summed E-state index contributed by atoms with van der Waals surface area (Å²) in [7, 11) is 0. The molecule has 0 amide bonds. The SMILES string of the molecule is CCC(C)CF.OF.[Rf]. The zero-order valence-electron chi connectivity index (χ0n) is 5.90. The third kappa shape index (κ3) is 19.9. The van der Waals surface area contributed by atoms with E-state index in [1.807, 2.05) is 13.8 Å². The molecule has 9 heavy (non-hydrogen) atoms. The Morgan fingerprint density at radius 3 is 1.78 bits per heavy atom. The Kier molecular flexibility index (Phi) is 27.5. The quantitative estimate of drug-likeness (QED) is 0.760. The first-order valence-electron chi connectivity index (χ1n) is 2.54. The summed E-state index contributed by atoms with van der Waals surface area (Å²) in [6.45, 7) is 3.72. The zero-order chi connectivity index (χ0) is 6.99. The van der Waals surface area contributed by atoms with Crippen LogP contribution in [0.3, 0.4) is 0 Å². The van der Waals surface area contributed by atoms with E-state index in [0.717, 1.165) is 6.42 Å². The number of halogens is 2. The molecule has 1 nitrogen and oxygen atoms in total. The van der Waals surface area contributed by atoms with Crippen molar-refractivity contribution in [3.8, 4) is 0 Å². The summed E-state index contributed by atoms with van der Waals surface area (Å²) in [5.74, 6) is 0.269. The molecule has 0 saturated carbocycles. The maximum atomic E-state index is 11.4. The summed E-state index contributed by atoms with van der Waals surface area (Å²) in [4.78, 5) is 0. The maximum Gasteiger partial charge on any atom is 0.0919 e. The molecule has 0 aliphatic heterocycles. The number of alkyl halides is 1. The fraction of sp³-hybridized carbons (Fsp3) is 1.00. The van der Waals surface area contributed by atoms with E-state index >= 15 is 0 Å². The molecule has 0 saturated heterocycles. The van der Waals surface area contributed by atoms with Gasteiger partial charge in [0, 0.05) is 0 Å². The Morgan fingerprint density at radius 1 is 1.44 bits per heavy atom. The molecular weight excluding hydrogens is 381 g/mol. The summed E-state index contributed by atoms with van der Waals surface area (Å²) < 4.78 is 19.9. The molecule has 4 heteroatoms. The van der Waals surface area contributed by atoms with Crippen LogP contribution in [0.1, 0.15) is 20.3 Å². The van der Waals surface area contributed by atoms with Crippen LogP contribution in [0, 0.1) is 5.92 Å². The van der Waals surface area contributed by atoms with Crippen molar-refractivity contribution in [1.29, 1.82) is 0 Å². The van der Waals surface area contributed by atoms with Gasteiger partial charge in [0.1, 0.15) is 0 Å². The predicted molar refractivity (Wildman–Crippen MR) is 28.8 cm³/mol. The van der Waals surface area contributed by atoms with E-state index in [-0.39, 0.29) is 12.6 Å². The molecule has 1 N–H and O–H groups in total. The van der Waals surface area contributed by atoms with Gasteiger partial charge in [0.25, 0.3) is 0 Å². The number of hydrogen-bond acceptors (Lipinski definition) is 1. The Morgan fingerprint density at radius 2 is 1.78 bits per heavy atom. The number of hydrogen-bond donors (Lipinski definition) is 1. The van der Waals surface area contributed by atoms with Gasteiger partial charge in [-0.05, 0) is 5.92 Å². The largest absolute Gasteiger partial charge is 0.251 e. The first-order valence-corrected chi connectivity index (χ1v) is 2.54. The van der Waals surface area contributed by atoms with Crippen molar-refractivity contribution in [2.45, 2.75) is 20.3 Å². The molecule has 0 radical (unpaired) electrons. The summed E-state index contributed by atoms with van der Waals surface area (Å²) in [5.41, 5.74) is 0. The van der Waals surface area contributed by atoms with Crippen molar-refractivity contribution < 1.29 is 14.2 Å². The van der Waals surface area contributed by atoms with Gasteiger partial charge in [-0.25, -0.2) is 5.31 Å². The standard InChI is InChI=1S/C5H11F.FHO.Rf/c1-3-5(2)4-6;1-2;/h5H,3-4H2,1-2H3;2H;. The fourth-order valence-electron chi connectivity index (χ4n) is 0.109. The monoisotopic (exact) mass is 393 g/mol. The molecule has 0 rings (SSSR count). The van der Waals surface area contributed by atoms with Crippen LogP contribution >= 0.6 is 0 Å². The summed E-state index contributed by atoms with van der Waals surface area (Å²) >= 11 is 0. The molecule has 1 atom stereocenters. The van der Waals surface area contributed by atoms with Crippen molar-refractivity contribution in [3.63, 3.8) is 0 Å². The maximum absolute atomic E-state index is 11.4. The third-order valence-corrected chi connectivity index (χ3v) is 0.960. The zero-order valence-corrected chi connectivity index (χ0v) is 12.3. The Bertz CT molecular complexity index is 34.1. The first kappa shape index (κ1) is 15.7. The molecule has 54 valence electrons. The van der Waals surface area contributed by atoms with E-state index < -0.39 is 0 Å². The van der Waals surface area contributed by atoms with Crippen LogP contribution in [0.25, 0.3) is 0 Å². The molecule has 0 aromatic heterocycles. The van der Waals surface area contributed by atoms with Gasteiger partial charge in [-0.1, -0.05) is 24.8 Å². The molecular formula is C5H12F2ORf. The topological polar surface area (TPSA) is 20.2 Å². The van der Waals surface area contributed by atoms with Gasteiger partial charge < -0.3 is 0 Å². The number of rotatable bonds is 2. The first-order chi connectivity index (χ1) is 3.81. The molecule has 0 aromatic carbocycles. The van der Waals surface area contributed by atoms with Gasteiger partial charge in [-0.3, -0.25) is 4.39 Å². The molecule has 0 fully saturated rings.